The number of urea groups is 1. The van der Waals surface area contributed by atoms with E-state index in [-0.39, 0.29) is 30.4 Å². The van der Waals surface area contributed by atoms with E-state index in [4.69, 9.17) is 21.1 Å². The van der Waals surface area contributed by atoms with Crippen molar-refractivity contribution in [2.45, 2.75) is 39.7 Å². The van der Waals surface area contributed by atoms with E-state index in [9.17, 15) is 14.4 Å². The molecular formula is C20H25ClN2O5. The molecule has 0 radical (unpaired) electrons. The normalized spacial score (nSPS) is 17.6. The molecule has 2 N–H and O–H groups in total. The van der Waals surface area contributed by atoms with E-state index in [2.05, 4.69) is 10.6 Å². The Morgan fingerprint density at radius 3 is 2.39 bits per heavy atom. The van der Waals surface area contributed by atoms with Crippen LogP contribution in [-0.2, 0) is 19.1 Å². The lowest BCUT2D eigenvalue weighted by molar-refractivity contribution is -0.146. The summed E-state index contributed by atoms with van der Waals surface area (Å²) in [7, 11) is 0. The number of carbonyl (C=O) groups excluding carboxylic acids is 3. The van der Waals surface area contributed by atoms with Crippen molar-refractivity contribution in [1.82, 2.24) is 10.6 Å². The molecule has 2 rings (SSSR count). The number of halogens is 1. The fraction of sp³-hybridized carbons (Fsp3) is 0.450. The third-order valence-corrected chi connectivity index (χ3v) is 4.63. The highest BCUT2D eigenvalue weighted by atomic mass is 35.5. The maximum Gasteiger partial charge on any atom is 0.338 e. The summed E-state index contributed by atoms with van der Waals surface area (Å²) in [5.74, 6) is -1.53. The maximum atomic E-state index is 12.8. The van der Waals surface area contributed by atoms with Crippen LogP contribution in [0.15, 0.2) is 35.5 Å². The number of benzene rings is 1. The second-order valence-electron chi connectivity index (χ2n) is 6.81. The Bertz CT molecular complexity index is 773. The third kappa shape index (κ3) is 5.25. The van der Waals surface area contributed by atoms with Gasteiger partial charge in [-0.25, -0.2) is 9.59 Å². The SMILES string of the molecule is CCOC(=O)C1=C(COC(=O)[C@H](c2ccc(Cl)cc2)C(C)C)NC(=O)N[C@@H]1C. The number of carbonyl (C=O) groups is 3. The van der Waals surface area contributed by atoms with Crippen molar-refractivity contribution in [3.05, 3.63) is 46.1 Å². The van der Waals surface area contributed by atoms with E-state index in [0.29, 0.717) is 5.02 Å². The summed E-state index contributed by atoms with van der Waals surface area (Å²) < 4.78 is 10.5. The molecule has 0 aromatic heterocycles. The molecule has 0 aliphatic carbocycles. The molecule has 0 spiro atoms. The number of ether oxygens (including phenoxy) is 2. The van der Waals surface area contributed by atoms with E-state index in [1.165, 1.54) is 0 Å². The van der Waals surface area contributed by atoms with Crippen LogP contribution in [0.2, 0.25) is 5.02 Å². The second kappa shape index (κ2) is 9.59. The Morgan fingerprint density at radius 2 is 1.82 bits per heavy atom. The Balaban J connectivity index is 2.21. The number of hydrogen-bond donors (Lipinski definition) is 2. The standard InChI is InChI=1S/C20H25ClN2O5/c1-5-27-19(25)17-12(4)22-20(26)23-15(17)10-28-18(24)16(11(2)3)13-6-8-14(21)9-7-13/h6-9,11-12,16H,5,10H2,1-4H3,(H2,22,23,26)/t12-,16+/m1/s1. The van der Waals surface area contributed by atoms with Gasteiger partial charge in [-0.15, -0.1) is 0 Å². The summed E-state index contributed by atoms with van der Waals surface area (Å²) in [4.78, 5) is 36.8. The first-order chi connectivity index (χ1) is 13.2. The van der Waals surface area contributed by atoms with E-state index in [1.807, 2.05) is 13.8 Å². The Morgan fingerprint density at radius 1 is 1.18 bits per heavy atom. The molecule has 0 saturated carbocycles. The van der Waals surface area contributed by atoms with Gasteiger partial charge in [-0.3, -0.25) is 4.79 Å². The molecule has 1 aliphatic rings. The highest BCUT2D eigenvalue weighted by molar-refractivity contribution is 6.30. The number of rotatable bonds is 7. The van der Waals surface area contributed by atoms with Gasteiger partial charge in [0.15, 0.2) is 0 Å². The van der Waals surface area contributed by atoms with Crippen LogP contribution in [0.3, 0.4) is 0 Å². The van der Waals surface area contributed by atoms with Crippen molar-refractivity contribution in [1.29, 1.82) is 0 Å². The van der Waals surface area contributed by atoms with Gasteiger partial charge in [-0.1, -0.05) is 37.6 Å². The molecule has 0 fully saturated rings. The largest absolute Gasteiger partial charge is 0.463 e. The number of nitrogens with one attached hydrogen (secondary N) is 2. The van der Waals surface area contributed by atoms with Crippen LogP contribution in [0, 0.1) is 5.92 Å². The van der Waals surface area contributed by atoms with Crippen molar-refractivity contribution in [2.75, 3.05) is 13.2 Å². The Labute approximate surface area is 169 Å². The average Bonchev–Trinajstić information content (AvgIpc) is 2.61. The molecule has 2 amide bonds. The van der Waals surface area contributed by atoms with E-state index in [1.54, 1.807) is 38.1 Å². The van der Waals surface area contributed by atoms with Gasteiger partial charge < -0.3 is 20.1 Å². The van der Waals surface area contributed by atoms with Gasteiger partial charge in [0, 0.05) is 5.02 Å². The van der Waals surface area contributed by atoms with Gasteiger partial charge in [0.2, 0.25) is 0 Å². The van der Waals surface area contributed by atoms with Gasteiger partial charge in [-0.05, 0) is 37.5 Å². The summed E-state index contributed by atoms with van der Waals surface area (Å²) in [5.41, 5.74) is 1.25. The summed E-state index contributed by atoms with van der Waals surface area (Å²) in [6.07, 6.45) is 0. The molecule has 0 unspecified atom stereocenters. The maximum absolute atomic E-state index is 12.8. The van der Waals surface area contributed by atoms with Crippen molar-refractivity contribution in [2.24, 2.45) is 5.92 Å². The van der Waals surface area contributed by atoms with Crippen LogP contribution >= 0.6 is 11.6 Å². The zero-order chi connectivity index (χ0) is 20.8. The van der Waals surface area contributed by atoms with E-state index < -0.39 is 29.9 Å². The first-order valence-corrected chi connectivity index (χ1v) is 9.52. The highest BCUT2D eigenvalue weighted by Gasteiger charge is 2.31. The van der Waals surface area contributed by atoms with Gasteiger partial charge in [0.1, 0.15) is 6.61 Å². The number of esters is 2. The minimum Gasteiger partial charge on any atom is -0.463 e. The molecule has 1 aromatic rings. The first kappa shape index (κ1) is 21.8. The van der Waals surface area contributed by atoms with Gasteiger partial charge >= 0.3 is 18.0 Å². The van der Waals surface area contributed by atoms with Crippen LogP contribution in [0.5, 0.6) is 0 Å². The van der Waals surface area contributed by atoms with Gasteiger partial charge in [0.05, 0.1) is 29.8 Å². The number of hydrogen-bond acceptors (Lipinski definition) is 5. The minimum absolute atomic E-state index is 0.0197. The number of amides is 2. The van der Waals surface area contributed by atoms with Crippen molar-refractivity contribution >= 4 is 29.6 Å². The molecule has 8 heteroatoms. The molecule has 7 nitrogen and oxygen atoms in total. The molecule has 1 aromatic carbocycles. The topological polar surface area (TPSA) is 93.7 Å². The zero-order valence-electron chi connectivity index (χ0n) is 16.4. The molecule has 152 valence electrons. The van der Waals surface area contributed by atoms with Gasteiger partial charge in [-0.2, -0.15) is 0 Å². The fourth-order valence-electron chi connectivity index (χ4n) is 3.09. The molecular weight excluding hydrogens is 384 g/mol. The molecule has 0 saturated heterocycles. The lowest BCUT2D eigenvalue weighted by Gasteiger charge is -2.27. The molecule has 0 bridgehead atoms. The van der Waals surface area contributed by atoms with Crippen LogP contribution < -0.4 is 10.6 Å². The predicted octanol–water partition coefficient (Wildman–Crippen LogP) is 3.14. The zero-order valence-corrected chi connectivity index (χ0v) is 17.1. The molecule has 2 atom stereocenters. The third-order valence-electron chi connectivity index (χ3n) is 4.37. The fourth-order valence-corrected chi connectivity index (χ4v) is 3.22. The predicted molar refractivity (Wildman–Crippen MR) is 105 cm³/mol. The van der Waals surface area contributed by atoms with Crippen molar-refractivity contribution in [3.63, 3.8) is 0 Å². The summed E-state index contributed by atoms with van der Waals surface area (Å²) in [6.45, 7) is 7.15. The van der Waals surface area contributed by atoms with E-state index >= 15 is 0 Å². The molecule has 1 heterocycles. The molecule has 28 heavy (non-hydrogen) atoms. The smallest absolute Gasteiger partial charge is 0.338 e. The average molecular weight is 409 g/mol. The summed E-state index contributed by atoms with van der Waals surface area (Å²) in [5, 5.41) is 5.72. The van der Waals surface area contributed by atoms with Crippen LogP contribution in [-0.4, -0.2) is 37.2 Å². The highest BCUT2D eigenvalue weighted by Crippen LogP contribution is 2.27. The Kier molecular flexibility index (Phi) is 7.45. The monoisotopic (exact) mass is 408 g/mol. The Hall–Kier alpha value is -2.54. The van der Waals surface area contributed by atoms with Crippen molar-refractivity contribution in [3.8, 4) is 0 Å². The van der Waals surface area contributed by atoms with Crippen LogP contribution in [0.4, 0.5) is 4.79 Å². The lowest BCUT2D eigenvalue weighted by Crippen LogP contribution is -2.50. The first-order valence-electron chi connectivity index (χ1n) is 9.14. The van der Waals surface area contributed by atoms with Crippen LogP contribution in [0.1, 0.15) is 39.2 Å². The quantitative estimate of drug-likeness (QED) is 0.676. The van der Waals surface area contributed by atoms with E-state index in [0.717, 1.165) is 5.56 Å². The minimum atomic E-state index is -0.563. The van der Waals surface area contributed by atoms with Gasteiger partial charge in [0.25, 0.3) is 0 Å². The van der Waals surface area contributed by atoms with Crippen LogP contribution in [0.25, 0.3) is 0 Å². The molecule has 1 aliphatic heterocycles. The lowest BCUT2D eigenvalue weighted by atomic mass is 9.88. The summed E-state index contributed by atoms with van der Waals surface area (Å²) in [6, 6.07) is 5.98. The summed E-state index contributed by atoms with van der Waals surface area (Å²) >= 11 is 5.92. The van der Waals surface area contributed by atoms with Crippen molar-refractivity contribution < 1.29 is 23.9 Å². The second-order valence-corrected chi connectivity index (χ2v) is 7.25.